The van der Waals surface area contributed by atoms with Gasteiger partial charge < -0.3 is 20.6 Å². The Labute approximate surface area is 201 Å². The molecule has 1 aromatic rings. The highest BCUT2D eigenvalue weighted by Gasteiger charge is 2.43. The molecule has 13 heteroatoms. The van der Waals surface area contributed by atoms with Gasteiger partial charge >= 0.3 is 12.3 Å². The Balaban J connectivity index is 1.72. The molecule has 0 spiro atoms. The summed E-state index contributed by atoms with van der Waals surface area (Å²) in [7, 11) is -3.41. The second kappa shape index (κ2) is 10.4. The van der Waals surface area contributed by atoms with E-state index >= 15 is 0 Å². The van der Waals surface area contributed by atoms with Gasteiger partial charge in [-0.1, -0.05) is 13.0 Å². The molecule has 194 valence electrons. The van der Waals surface area contributed by atoms with E-state index in [4.69, 9.17) is 5.11 Å². The van der Waals surface area contributed by atoms with Gasteiger partial charge in [-0.3, -0.25) is 9.59 Å². The Morgan fingerprint density at radius 3 is 2.51 bits per heavy atom. The van der Waals surface area contributed by atoms with Crippen LogP contribution < -0.4 is 10.6 Å². The molecular weight excluding hydrogens is 491 g/mol. The molecule has 3 rings (SSSR count). The van der Waals surface area contributed by atoms with Crippen LogP contribution in [0, 0.1) is 5.92 Å². The lowest BCUT2D eigenvalue weighted by molar-refractivity contribution is -0.137. The lowest BCUT2D eigenvalue weighted by Crippen LogP contribution is -2.52. The van der Waals surface area contributed by atoms with Gasteiger partial charge in [-0.25, -0.2) is 13.2 Å². The van der Waals surface area contributed by atoms with E-state index < -0.39 is 63.5 Å². The zero-order valence-corrected chi connectivity index (χ0v) is 19.9. The summed E-state index contributed by atoms with van der Waals surface area (Å²) in [6, 6.07) is 2.07. The fourth-order valence-electron chi connectivity index (χ4n) is 4.83. The highest BCUT2D eigenvalue weighted by molar-refractivity contribution is 7.91. The van der Waals surface area contributed by atoms with Gasteiger partial charge in [0, 0.05) is 29.9 Å². The van der Waals surface area contributed by atoms with E-state index in [1.807, 2.05) is 0 Å². The van der Waals surface area contributed by atoms with Crippen molar-refractivity contribution in [2.45, 2.75) is 56.9 Å². The number of halogens is 3. The third-order valence-corrected chi connectivity index (χ3v) is 8.39. The molecule has 3 amide bonds. The number of carboxylic acid groups (broad SMARTS) is 1. The first kappa shape index (κ1) is 26.8. The SMILES string of the molecule is CCS(=O)(=O)CC1CC(NC(=O)O)CCC1N1CCC(NC(=O)c2cccc(C(F)(F)F)c2)C1=O. The summed E-state index contributed by atoms with van der Waals surface area (Å²) in [6.07, 6.45) is -4.54. The van der Waals surface area contributed by atoms with Gasteiger partial charge in [-0.15, -0.1) is 0 Å². The van der Waals surface area contributed by atoms with Gasteiger partial charge in [-0.2, -0.15) is 13.2 Å². The zero-order valence-electron chi connectivity index (χ0n) is 19.0. The van der Waals surface area contributed by atoms with Crippen LogP contribution in [0.2, 0.25) is 0 Å². The topological polar surface area (TPSA) is 133 Å². The largest absolute Gasteiger partial charge is 0.465 e. The van der Waals surface area contributed by atoms with Gasteiger partial charge in [0.15, 0.2) is 0 Å². The van der Waals surface area contributed by atoms with Crippen molar-refractivity contribution in [2.24, 2.45) is 5.92 Å². The molecular formula is C22H28F3N3O6S. The molecule has 3 N–H and O–H groups in total. The molecule has 0 bridgehead atoms. The van der Waals surface area contributed by atoms with Crippen molar-refractivity contribution in [2.75, 3.05) is 18.1 Å². The molecule has 4 unspecified atom stereocenters. The Morgan fingerprint density at radius 2 is 1.89 bits per heavy atom. The average molecular weight is 520 g/mol. The molecule has 9 nitrogen and oxygen atoms in total. The molecule has 1 aliphatic heterocycles. The first-order valence-corrected chi connectivity index (χ1v) is 13.1. The number of carbonyl (C=O) groups excluding carboxylic acids is 2. The standard InChI is InChI=1S/C22H28F3N3O6S/c1-2-35(33,34)12-14-11-16(26-21(31)32)6-7-18(14)28-9-8-17(20(28)30)27-19(29)13-4-3-5-15(10-13)22(23,24)25/h3-5,10,14,16-18,26H,2,6-9,11-12H2,1H3,(H,27,29)(H,31,32). The summed E-state index contributed by atoms with van der Waals surface area (Å²) in [4.78, 5) is 38.2. The summed E-state index contributed by atoms with van der Waals surface area (Å²) < 4.78 is 63.5. The minimum atomic E-state index is -4.61. The summed E-state index contributed by atoms with van der Waals surface area (Å²) in [5.41, 5.74) is -1.20. The normalized spacial score (nSPS) is 25.4. The van der Waals surface area contributed by atoms with E-state index in [1.165, 1.54) is 17.9 Å². The number of nitrogens with zero attached hydrogens (tertiary/aromatic N) is 1. The van der Waals surface area contributed by atoms with Crippen LogP contribution in [0.4, 0.5) is 18.0 Å². The van der Waals surface area contributed by atoms with Crippen LogP contribution >= 0.6 is 0 Å². The predicted octanol–water partition coefficient (Wildman–Crippen LogP) is 2.28. The Kier molecular flexibility index (Phi) is 7.97. The van der Waals surface area contributed by atoms with Crippen LogP contribution in [0.3, 0.4) is 0 Å². The monoisotopic (exact) mass is 519 g/mol. The van der Waals surface area contributed by atoms with E-state index in [0.717, 1.165) is 18.2 Å². The molecule has 35 heavy (non-hydrogen) atoms. The third-order valence-electron chi connectivity index (χ3n) is 6.58. The molecule has 2 fully saturated rings. The molecule has 0 radical (unpaired) electrons. The molecule has 1 aliphatic carbocycles. The number of hydrogen-bond donors (Lipinski definition) is 3. The van der Waals surface area contributed by atoms with Crippen molar-refractivity contribution in [3.8, 4) is 0 Å². The summed E-state index contributed by atoms with van der Waals surface area (Å²) in [5, 5.41) is 13.9. The van der Waals surface area contributed by atoms with Gasteiger partial charge in [0.1, 0.15) is 15.9 Å². The molecule has 4 atom stereocenters. The van der Waals surface area contributed by atoms with Crippen LogP contribution in [0.25, 0.3) is 0 Å². The van der Waals surface area contributed by atoms with Crippen molar-refractivity contribution in [3.63, 3.8) is 0 Å². The summed E-state index contributed by atoms with van der Waals surface area (Å²) in [6.45, 7) is 1.76. The lowest BCUT2D eigenvalue weighted by atomic mass is 9.81. The van der Waals surface area contributed by atoms with E-state index in [-0.39, 0.29) is 36.5 Å². The minimum absolute atomic E-state index is 0.0864. The number of hydrogen-bond acceptors (Lipinski definition) is 5. The molecule has 1 heterocycles. The fraction of sp³-hybridized carbons (Fsp3) is 0.591. The van der Waals surface area contributed by atoms with Crippen LogP contribution in [0.1, 0.15) is 48.5 Å². The number of sulfone groups is 1. The number of rotatable bonds is 7. The van der Waals surface area contributed by atoms with Crippen LogP contribution in [-0.2, 0) is 20.8 Å². The number of carbonyl (C=O) groups is 3. The minimum Gasteiger partial charge on any atom is -0.465 e. The molecule has 1 saturated carbocycles. The molecule has 0 aromatic heterocycles. The van der Waals surface area contributed by atoms with Crippen LogP contribution in [0.5, 0.6) is 0 Å². The quantitative estimate of drug-likeness (QED) is 0.506. The average Bonchev–Trinajstić information content (AvgIpc) is 3.12. The smallest absolute Gasteiger partial charge is 0.416 e. The van der Waals surface area contributed by atoms with Gasteiger partial charge in [-0.05, 0) is 49.8 Å². The summed E-state index contributed by atoms with van der Waals surface area (Å²) in [5.74, 6) is -2.02. The summed E-state index contributed by atoms with van der Waals surface area (Å²) >= 11 is 0. The lowest BCUT2D eigenvalue weighted by Gasteiger charge is -2.41. The second-order valence-corrected chi connectivity index (χ2v) is 11.3. The van der Waals surface area contributed by atoms with E-state index in [0.29, 0.717) is 12.8 Å². The number of amides is 3. The van der Waals surface area contributed by atoms with Gasteiger partial charge in [0.25, 0.3) is 5.91 Å². The highest BCUT2D eigenvalue weighted by Crippen LogP contribution is 2.33. The Hall–Kier alpha value is -2.83. The fourth-order valence-corrected chi connectivity index (χ4v) is 6.08. The van der Waals surface area contributed by atoms with Crippen LogP contribution in [0.15, 0.2) is 24.3 Å². The second-order valence-electron chi connectivity index (χ2n) is 8.91. The first-order valence-electron chi connectivity index (χ1n) is 11.3. The van der Waals surface area contributed by atoms with Crippen molar-refractivity contribution >= 4 is 27.7 Å². The Morgan fingerprint density at radius 1 is 1.17 bits per heavy atom. The van der Waals surface area contributed by atoms with Crippen molar-refractivity contribution in [1.82, 2.24) is 15.5 Å². The third kappa shape index (κ3) is 6.65. The number of nitrogens with one attached hydrogen (secondary N) is 2. The van der Waals surface area contributed by atoms with Crippen molar-refractivity contribution in [1.29, 1.82) is 0 Å². The van der Waals surface area contributed by atoms with Gasteiger partial charge in [0.05, 0.1) is 11.3 Å². The van der Waals surface area contributed by atoms with E-state index in [1.54, 1.807) is 0 Å². The number of alkyl halides is 3. The molecule has 1 saturated heterocycles. The van der Waals surface area contributed by atoms with Crippen LogP contribution in [-0.4, -0.2) is 72.5 Å². The zero-order chi connectivity index (χ0) is 26.0. The van der Waals surface area contributed by atoms with Crippen molar-refractivity contribution < 1.29 is 41.1 Å². The van der Waals surface area contributed by atoms with E-state index in [9.17, 15) is 36.0 Å². The Bertz CT molecular complexity index is 1080. The first-order chi connectivity index (χ1) is 16.3. The maximum atomic E-state index is 13.1. The molecule has 1 aromatic carbocycles. The molecule has 2 aliphatic rings. The highest BCUT2D eigenvalue weighted by atomic mass is 32.2. The maximum Gasteiger partial charge on any atom is 0.416 e. The van der Waals surface area contributed by atoms with Crippen molar-refractivity contribution in [3.05, 3.63) is 35.4 Å². The van der Waals surface area contributed by atoms with E-state index in [2.05, 4.69) is 10.6 Å². The van der Waals surface area contributed by atoms with Gasteiger partial charge in [0.2, 0.25) is 5.91 Å². The maximum absolute atomic E-state index is 13.1. The number of benzene rings is 1. The number of likely N-dealkylation sites (tertiary alicyclic amines) is 1. The predicted molar refractivity (Wildman–Crippen MR) is 119 cm³/mol.